The minimum atomic E-state index is 0.128. The van der Waals surface area contributed by atoms with Gasteiger partial charge in [0, 0.05) is 31.5 Å². The molecule has 1 saturated heterocycles. The van der Waals surface area contributed by atoms with E-state index in [1.807, 2.05) is 35.2 Å². The largest absolute Gasteiger partial charge is 0.493 e. The van der Waals surface area contributed by atoms with Crippen molar-refractivity contribution in [2.45, 2.75) is 18.9 Å². The van der Waals surface area contributed by atoms with Gasteiger partial charge in [-0.25, -0.2) is 0 Å². The van der Waals surface area contributed by atoms with Gasteiger partial charge in [0.2, 0.25) is 5.91 Å². The van der Waals surface area contributed by atoms with Crippen LogP contribution in [-0.4, -0.2) is 49.1 Å². The van der Waals surface area contributed by atoms with Gasteiger partial charge in [0.15, 0.2) is 11.5 Å². The summed E-state index contributed by atoms with van der Waals surface area (Å²) < 4.78 is 10.5. The smallest absolute Gasteiger partial charge is 0.227 e. The Kier molecular flexibility index (Phi) is 5.38. The molecule has 1 atom stereocenters. The van der Waals surface area contributed by atoms with E-state index in [-0.39, 0.29) is 11.9 Å². The molecule has 3 rings (SSSR count). The number of hydrogen-bond acceptors (Lipinski definition) is 5. The van der Waals surface area contributed by atoms with Crippen molar-refractivity contribution < 1.29 is 14.3 Å². The van der Waals surface area contributed by atoms with Crippen molar-refractivity contribution in [2.24, 2.45) is 0 Å². The van der Waals surface area contributed by atoms with E-state index in [2.05, 4.69) is 10.3 Å². The Labute approximate surface area is 147 Å². The average Bonchev–Trinajstić information content (AvgIpc) is 3.11. The van der Waals surface area contributed by atoms with Crippen LogP contribution in [0.2, 0.25) is 0 Å². The molecule has 1 amide bonds. The zero-order valence-electron chi connectivity index (χ0n) is 14.6. The second-order valence-corrected chi connectivity index (χ2v) is 6.08. The van der Waals surface area contributed by atoms with Crippen LogP contribution in [0.3, 0.4) is 0 Å². The molecule has 0 saturated carbocycles. The topological polar surface area (TPSA) is 63.7 Å². The van der Waals surface area contributed by atoms with Crippen molar-refractivity contribution in [1.82, 2.24) is 9.88 Å². The molecule has 1 N–H and O–H groups in total. The molecule has 1 aliphatic heterocycles. The summed E-state index contributed by atoms with van der Waals surface area (Å²) in [6, 6.07) is 9.74. The van der Waals surface area contributed by atoms with E-state index in [1.54, 1.807) is 26.6 Å². The van der Waals surface area contributed by atoms with Crippen molar-refractivity contribution in [2.75, 3.05) is 32.6 Å². The number of ether oxygens (including phenoxy) is 2. The monoisotopic (exact) mass is 341 g/mol. The van der Waals surface area contributed by atoms with Gasteiger partial charge in [0.25, 0.3) is 0 Å². The standard InChI is InChI=1S/C19H23N3O3/c1-24-17-6-5-14(10-18(17)25-2)11-19(23)22-9-7-16(13-22)21-15-4-3-8-20-12-15/h3-6,8,10,12,16,21H,7,9,11,13H2,1-2H3. The van der Waals surface area contributed by atoms with Crippen LogP contribution in [0.4, 0.5) is 5.69 Å². The maximum Gasteiger partial charge on any atom is 0.227 e. The van der Waals surface area contributed by atoms with Crippen LogP contribution in [0.5, 0.6) is 11.5 Å². The number of nitrogens with one attached hydrogen (secondary N) is 1. The molecule has 1 fully saturated rings. The molecule has 1 unspecified atom stereocenters. The van der Waals surface area contributed by atoms with Crippen LogP contribution in [0, 0.1) is 0 Å². The Morgan fingerprint density at radius 2 is 2.12 bits per heavy atom. The van der Waals surface area contributed by atoms with E-state index in [0.717, 1.165) is 24.2 Å². The van der Waals surface area contributed by atoms with Crippen molar-refractivity contribution in [3.63, 3.8) is 0 Å². The number of hydrogen-bond donors (Lipinski definition) is 1. The van der Waals surface area contributed by atoms with Gasteiger partial charge in [0.1, 0.15) is 0 Å². The van der Waals surface area contributed by atoms with Gasteiger partial charge in [0.05, 0.1) is 26.3 Å². The minimum absolute atomic E-state index is 0.128. The van der Waals surface area contributed by atoms with Gasteiger partial charge >= 0.3 is 0 Å². The summed E-state index contributed by atoms with van der Waals surface area (Å²) in [6.07, 6.45) is 4.85. The van der Waals surface area contributed by atoms with Crippen LogP contribution in [-0.2, 0) is 11.2 Å². The molecule has 6 nitrogen and oxygen atoms in total. The lowest BCUT2D eigenvalue weighted by atomic mass is 10.1. The molecular formula is C19H23N3O3. The summed E-state index contributed by atoms with van der Waals surface area (Å²) in [5, 5.41) is 3.43. The van der Waals surface area contributed by atoms with Crippen LogP contribution >= 0.6 is 0 Å². The number of anilines is 1. The fourth-order valence-electron chi connectivity index (χ4n) is 3.07. The van der Waals surface area contributed by atoms with E-state index in [1.165, 1.54) is 0 Å². The summed E-state index contributed by atoms with van der Waals surface area (Å²) in [5.74, 6) is 1.44. The number of rotatable bonds is 6. The number of carbonyl (C=O) groups excluding carboxylic acids is 1. The van der Waals surface area contributed by atoms with Crippen LogP contribution < -0.4 is 14.8 Å². The quantitative estimate of drug-likeness (QED) is 0.874. The van der Waals surface area contributed by atoms with Gasteiger partial charge in [-0.3, -0.25) is 9.78 Å². The first kappa shape index (κ1) is 17.1. The second kappa shape index (κ2) is 7.88. The van der Waals surface area contributed by atoms with Gasteiger partial charge < -0.3 is 19.7 Å². The highest BCUT2D eigenvalue weighted by atomic mass is 16.5. The third-order valence-electron chi connectivity index (χ3n) is 4.38. The molecule has 1 aromatic heterocycles. The van der Waals surface area contributed by atoms with Crippen LogP contribution in [0.1, 0.15) is 12.0 Å². The van der Waals surface area contributed by atoms with Gasteiger partial charge in [-0.05, 0) is 36.2 Å². The lowest BCUT2D eigenvalue weighted by Gasteiger charge is -2.18. The number of benzene rings is 1. The molecule has 25 heavy (non-hydrogen) atoms. The normalized spacial score (nSPS) is 16.6. The number of pyridine rings is 1. The minimum Gasteiger partial charge on any atom is -0.493 e. The van der Waals surface area contributed by atoms with Crippen molar-refractivity contribution in [3.8, 4) is 11.5 Å². The third kappa shape index (κ3) is 4.21. The first-order chi connectivity index (χ1) is 12.2. The average molecular weight is 341 g/mol. The summed E-state index contributed by atoms with van der Waals surface area (Å²) in [4.78, 5) is 18.6. The lowest BCUT2D eigenvalue weighted by Crippen LogP contribution is -2.32. The first-order valence-corrected chi connectivity index (χ1v) is 8.35. The fraction of sp³-hybridized carbons (Fsp3) is 0.368. The number of nitrogens with zero attached hydrogens (tertiary/aromatic N) is 2. The molecule has 132 valence electrons. The van der Waals surface area contributed by atoms with E-state index >= 15 is 0 Å². The molecule has 0 bridgehead atoms. The maximum atomic E-state index is 12.6. The van der Waals surface area contributed by atoms with E-state index < -0.39 is 0 Å². The number of carbonyl (C=O) groups is 1. The number of methoxy groups -OCH3 is 2. The molecule has 0 radical (unpaired) electrons. The van der Waals surface area contributed by atoms with Crippen molar-refractivity contribution in [3.05, 3.63) is 48.3 Å². The van der Waals surface area contributed by atoms with Gasteiger partial charge in [-0.15, -0.1) is 0 Å². The van der Waals surface area contributed by atoms with E-state index in [4.69, 9.17) is 9.47 Å². The highest BCUT2D eigenvalue weighted by molar-refractivity contribution is 5.79. The van der Waals surface area contributed by atoms with Gasteiger partial charge in [-0.1, -0.05) is 6.07 Å². The summed E-state index contributed by atoms with van der Waals surface area (Å²) >= 11 is 0. The zero-order chi connectivity index (χ0) is 17.6. The Bertz CT molecular complexity index is 721. The van der Waals surface area contributed by atoms with E-state index in [0.29, 0.717) is 24.5 Å². The number of likely N-dealkylation sites (tertiary alicyclic amines) is 1. The highest BCUT2D eigenvalue weighted by Crippen LogP contribution is 2.28. The lowest BCUT2D eigenvalue weighted by molar-refractivity contribution is -0.129. The van der Waals surface area contributed by atoms with Crippen molar-refractivity contribution in [1.29, 1.82) is 0 Å². The molecule has 6 heteroatoms. The highest BCUT2D eigenvalue weighted by Gasteiger charge is 2.26. The Balaban J connectivity index is 1.57. The molecule has 0 aliphatic carbocycles. The number of amides is 1. The summed E-state index contributed by atoms with van der Waals surface area (Å²) in [5.41, 5.74) is 1.91. The summed E-state index contributed by atoms with van der Waals surface area (Å²) in [6.45, 7) is 1.48. The SMILES string of the molecule is COc1ccc(CC(=O)N2CCC(Nc3cccnc3)C2)cc1OC. The Morgan fingerprint density at radius 3 is 2.84 bits per heavy atom. The second-order valence-electron chi connectivity index (χ2n) is 6.08. The molecule has 0 spiro atoms. The summed E-state index contributed by atoms with van der Waals surface area (Å²) in [7, 11) is 3.20. The molecular weight excluding hydrogens is 318 g/mol. The van der Waals surface area contributed by atoms with Gasteiger partial charge in [-0.2, -0.15) is 0 Å². The predicted octanol–water partition coefficient (Wildman–Crippen LogP) is 2.35. The maximum absolute atomic E-state index is 12.6. The number of aromatic nitrogens is 1. The van der Waals surface area contributed by atoms with Crippen LogP contribution in [0.25, 0.3) is 0 Å². The van der Waals surface area contributed by atoms with Crippen molar-refractivity contribution >= 4 is 11.6 Å². The Morgan fingerprint density at radius 1 is 1.28 bits per heavy atom. The Hall–Kier alpha value is -2.76. The molecule has 1 aliphatic rings. The predicted molar refractivity (Wildman–Crippen MR) is 96.1 cm³/mol. The molecule has 2 heterocycles. The molecule has 2 aromatic rings. The fourth-order valence-corrected chi connectivity index (χ4v) is 3.07. The zero-order valence-corrected chi connectivity index (χ0v) is 14.6. The first-order valence-electron chi connectivity index (χ1n) is 8.35. The molecule has 1 aromatic carbocycles. The third-order valence-corrected chi connectivity index (χ3v) is 4.38. The van der Waals surface area contributed by atoms with E-state index in [9.17, 15) is 4.79 Å². The van der Waals surface area contributed by atoms with Crippen LogP contribution in [0.15, 0.2) is 42.7 Å².